The van der Waals surface area contributed by atoms with Crippen molar-refractivity contribution in [3.05, 3.63) is 125 Å². The first kappa shape index (κ1) is 21.1. The van der Waals surface area contributed by atoms with Crippen molar-refractivity contribution in [1.82, 2.24) is 0 Å². The molecular weight excluding hydrogens is 412 g/mol. The van der Waals surface area contributed by atoms with Gasteiger partial charge in [-0.2, -0.15) is 0 Å². The summed E-state index contributed by atoms with van der Waals surface area (Å²) in [5, 5.41) is 10.9. The molecule has 4 heteroatoms. The molecule has 0 aromatic heterocycles. The highest BCUT2D eigenvalue weighted by Crippen LogP contribution is 2.43. The van der Waals surface area contributed by atoms with Crippen LogP contribution in [0.4, 0.5) is 0 Å². The third-order valence-electron chi connectivity index (χ3n) is 5.77. The maximum atomic E-state index is 10.9. The summed E-state index contributed by atoms with van der Waals surface area (Å²) in [5.41, 5.74) is 3.96. The van der Waals surface area contributed by atoms with Gasteiger partial charge in [0.05, 0.1) is 6.10 Å². The van der Waals surface area contributed by atoms with E-state index >= 15 is 0 Å². The van der Waals surface area contributed by atoms with Gasteiger partial charge in [0, 0.05) is 24.1 Å². The second-order valence-electron chi connectivity index (χ2n) is 8.17. The average molecular weight is 439 g/mol. The van der Waals surface area contributed by atoms with E-state index in [4.69, 9.17) is 14.2 Å². The zero-order chi connectivity index (χ0) is 22.5. The van der Waals surface area contributed by atoms with E-state index in [0.29, 0.717) is 36.9 Å². The van der Waals surface area contributed by atoms with E-state index in [1.807, 2.05) is 103 Å². The first-order valence-electron chi connectivity index (χ1n) is 11.2. The molecule has 166 valence electrons. The Hall–Kier alpha value is -3.76. The Labute approximate surface area is 194 Å². The number of ether oxygens (including phenoxy) is 3. The van der Waals surface area contributed by atoms with Crippen molar-refractivity contribution in [1.29, 1.82) is 0 Å². The molecule has 4 aromatic carbocycles. The van der Waals surface area contributed by atoms with Crippen molar-refractivity contribution in [3.8, 4) is 17.2 Å². The number of hydrogen-bond acceptors (Lipinski definition) is 4. The minimum absolute atomic E-state index is 0.424. The van der Waals surface area contributed by atoms with Crippen molar-refractivity contribution >= 4 is 0 Å². The lowest BCUT2D eigenvalue weighted by molar-refractivity contribution is 0.0194. The molecule has 1 heterocycles. The number of aliphatic hydroxyl groups excluding tert-OH is 1. The maximum Gasteiger partial charge on any atom is 0.150 e. The van der Waals surface area contributed by atoms with Crippen LogP contribution >= 0.6 is 0 Å². The summed E-state index contributed by atoms with van der Waals surface area (Å²) >= 11 is 0. The Morgan fingerprint density at radius 1 is 0.727 bits per heavy atom. The van der Waals surface area contributed by atoms with Crippen molar-refractivity contribution in [2.24, 2.45) is 0 Å². The SMILES string of the molecule is O[C@@H]1Cc2c(OCc3ccccc3)cc(OCc3ccccc3)cc2O[C@@H]1c1ccccc1. The van der Waals surface area contributed by atoms with Gasteiger partial charge >= 0.3 is 0 Å². The van der Waals surface area contributed by atoms with Crippen LogP contribution in [0.25, 0.3) is 0 Å². The summed E-state index contributed by atoms with van der Waals surface area (Å²) in [6, 6.07) is 33.7. The molecule has 0 spiro atoms. The summed E-state index contributed by atoms with van der Waals surface area (Å²) in [5.74, 6) is 2.02. The number of hydrogen-bond donors (Lipinski definition) is 1. The van der Waals surface area contributed by atoms with Crippen molar-refractivity contribution in [2.45, 2.75) is 31.8 Å². The highest BCUT2D eigenvalue weighted by molar-refractivity contribution is 5.53. The predicted octanol–water partition coefficient (Wildman–Crippen LogP) is 5.88. The van der Waals surface area contributed by atoms with Crippen LogP contribution in [0.5, 0.6) is 17.2 Å². The van der Waals surface area contributed by atoms with Gasteiger partial charge in [0.25, 0.3) is 0 Å². The molecule has 2 atom stereocenters. The molecule has 4 aromatic rings. The second kappa shape index (κ2) is 9.80. The lowest BCUT2D eigenvalue weighted by Crippen LogP contribution is -2.30. The molecule has 0 amide bonds. The van der Waals surface area contributed by atoms with E-state index in [0.717, 1.165) is 22.3 Å². The first-order valence-corrected chi connectivity index (χ1v) is 11.2. The average Bonchev–Trinajstić information content (AvgIpc) is 2.87. The Kier molecular flexibility index (Phi) is 6.27. The Balaban J connectivity index is 1.44. The number of aliphatic hydroxyl groups is 1. The summed E-state index contributed by atoms with van der Waals surface area (Å²) in [4.78, 5) is 0. The third-order valence-corrected chi connectivity index (χ3v) is 5.77. The van der Waals surface area contributed by atoms with Gasteiger partial charge in [0.1, 0.15) is 36.6 Å². The van der Waals surface area contributed by atoms with Crippen LogP contribution in [0.3, 0.4) is 0 Å². The molecule has 0 aliphatic carbocycles. The highest BCUT2D eigenvalue weighted by Gasteiger charge is 2.32. The van der Waals surface area contributed by atoms with Gasteiger partial charge in [0.15, 0.2) is 0 Å². The zero-order valence-corrected chi connectivity index (χ0v) is 18.3. The smallest absolute Gasteiger partial charge is 0.150 e. The zero-order valence-electron chi connectivity index (χ0n) is 18.3. The molecule has 33 heavy (non-hydrogen) atoms. The van der Waals surface area contributed by atoms with Crippen LogP contribution in [0.1, 0.15) is 28.4 Å². The first-order chi connectivity index (χ1) is 16.3. The van der Waals surface area contributed by atoms with Gasteiger partial charge in [0.2, 0.25) is 0 Å². The van der Waals surface area contributed by atoms with Gasteiger partial charge in [-0.1, -0.05) is 91.0 Å². The van der Waals surface area contributed by atoms with Crippen molar-refractivity contribution in [2.75, 3.05) is 0 Å². The molecule has 0 radical (unpaired) electrons. The Morgan fingerprint density at radius 2 is 1.30 bits per heavy atom. The minimum atomic E-state index is -0.671. The standard InChI is InChI=1S/C29H26O4/c30-26-18-25-27(32-20-22-12-6-2-7-13-22)16-24(31-19-21-10-4-1-5-11-21)17-28(25)33-29(26)23-14-8-3-9-15-23/h1-17,26,29-30H,18-20H2/t26-,29-/m1/s1. The predicted molar refractivity (Wildman–Crippen MR) is 128 cm³/mol. The van der Waals surface area contributed by atoms with Gasteiger partial charge in [-0.3, -0.25) is 0 Å². The summed E-state index contributed by atoms with van der Waals surface area (Å²) in [7, 11) is 0. The van der Waals surface area contributed by atoms with E-state index in [1.54, 1.807) is 0 Å². The summed E-state index contributed by atoms with van der Waals surface area (Å²) in [6.45, 7) is 0.871. The quantitative estimate of drug-likeness (QED) is 0.391. The van der Waals surface area contributed by atoms with E-state index in [-0.39, 0.29) is 0 Å². The van der Waals surface area contributed by atoms with Crippen LogP contribution < -0.4 is 14.2 Å². The van der Waals surface area contributed by atoms with Gasteiger partial charge < -0.3 is 19.3 Å². The fourth-order valence-corrected chi connectivity index (χ4v) is 4.05. The number of fused-ring (bicyclic) bond motifs is 1. The van der Waals surface area contributed by atoms with Gasteiger partial charge in [-0.15, -0.1) is 0 Å². The van der Waals surface area contributed by atoms with Crippen molar-refractivity contribution in [3.63, 3.8) is 0 Å². The van der Waals surface area contributed by atoms with Gasteiger partial charge in [-0.25, -0.2) is 0 Å². The van der Waals surface area contributed by atoms with Gasteiger partial charge in [-0.05, 0) is 16.7 Å². The van der Waals surface area contributed by atoms with Crippen molar-refractivity contribution < 1.29 is 19.3 Å². The van der Waals surface area contributed by atoms with Crippen LogP contribution in [-0.4, -0.2) is 11.2 Å². The van der Waals surface area contributed by atoms with Crippen LogP contribution in [0.15, 0.2) is 103 Å². The lowest BCUT2D eigenvalue weighted by Gasteiger charge is -2.32. The highest BCUT2D eigenvalue weighted by atomic mass is 16.5. The molecule has 4 nitrogen and oxygen atoms in total. The van der Waals surface area contributed by atoms with E-state index in [2.05, 4.69) is 0 Å². The summed E-state index contributed by atoms with van der Waals surface area (Å²) < 4.78 is 18.6. The maximum absolute atomic E-state index is 10.9. The topological polar surface area (TPSA) is 47.9 Å². The molecule has 0 unspecified atom stereocenters. The fourth-order valence-electron chi connectivity index (χ4n) is 4.05. The molecule has 0 saturated heterocycles. The molecule has 0 fully saturated rings. The molecular formula is C29H26O4. The number of rotatable bonds is 7. The minimum Gasteiger partial charge on any atom is -0.489 e. The van der Waals surface area contributed by atoms with E-state index in [9.17, 15) is 5.11 Å². The third kappa shape index (κ3) is 5.02. The Bertz CT molecular complexity index is 1160. The molecule has 0 bridgehead atoms. The van der Waals surface area contributed by atoms with E-state index < -0.39 is 12.2 Å². The lowest BCUT2D eigenvalue weighted by atomic mass is 9.94. The molecule has 1 N–H and O–H groups in total. The second-order valence-corrected chi connectivity index (χ2v) is 8.17. The van der Waals surface area contributed by atoms with Crippen LogP contribution in [-0.2, 0) is 19.6 Å². The molecule has 5 rings (SSSR count). The number of benzene rings is 4. The molecule has 0 saturated carbocycles. The largest absolute Gasteiger partial charge is 0.489 e. The Morgan fingerprint density at radius 3 is 1.94 bits per heavy atom. The molecule has 1 aliphatic heterocycles. The van der Waals surface area contributed by atoms with Crippen LogP contribution in [0.2, 0.25) is 0 Å². The summed E-state index contributed by atoms with van der Waals surface area (Å²) in [6.07, 6.45) is -0.669. The fraction of sp³-hybridized carbons (Fsp3) is 0.172. The monoisotopic (exact) mass is 438 g/mol. The van der Waals surface area contributed by atoms with E-state index in [1.165, 1.54) is 0 Å². The normalized spacial score (nSPS) is 17.0. The van der Waals surface area contributed by atoms with Crippen LogP contribution in [0, 0.1) is 0 Å². The molecule has 1 aliphatic rings.